The minimum atomic E-state index is -0.660. The summed E-state index contributed by atoms with van der Waals surface area (Å²) >= 11 is 0. The molecule has 0 aliphatic heterocycles. The predicted molar refractivity (Wildman–Crippen MR) is 60.2 cm³/mol. The molecule has 0 saturated heterocycles. The molecule has 1 N–H and O–H groups in total. The molecule has 16 heavy (non-hydrogen) atoms. The van der Waals surface area contributed by atoms with Gasteiger partial charge in [-0.3, -0.25) is 9.48 Å². The number of nitrogens with zero attached hydrogens (tertiary/aromatic N) is 2. The van der Waals surface area contributed by atoms with Crippen LogP contribution in [0.2, 0.25) is 0 Å². The number of rotatable bonds is 4. The van der Waals surface area contributed by atoms with E-state index in [0.29, 0.717) is 0 Å². The monoisotopic (exact) mass is 222 g/mol. The third-order valence-corrected chi connectivity index (χ3v) is 3.40. The zero-order valence-electron chi connectivity index (χ0n) is 9.59. The molecule has 1 aliphatic rings. The second-order valence-electron chi connectivity index (χ2n) is 4.46. The van der Waals surface area contributed by atoms with E-state index in [-0.39, 0.29) is 11.8 Å². The van der Waals surface area contributed by atoms with E-state index in [9.17, 15) is 9.90 Å². The van der Waals surface area contributed by atoms with Crippen LogP contribution in [0, 0.1) is 5.92 Å². The molecule has 88 valence electrons. The molecule has 0 aromatic carbocycles. The lowest BCUT2D eigenvalue weighted by molar-refractivity contribution is -0.142. The van der Waals surface area contributed by atoms with Gasteiger partial charge < -0.3 is 5.11 Å². The van der Waals surface area contributed by atoms with Crippen LogP contribution in [0.25, 0.3) is 0 Å². The normalized spacial score (nSPS) is 24.8. The average Bonchev–Trinajstić information content (AvgIpc) is 2.83. The lowest BCUT2D eigenvalue weighted by atomic mass is 9.93. The summed E-state index contributed by atoms with van der Waals surface area (Å²) in [6.45, 7) is 2.99. The van der Waals surface area contributed by atoms with E-state index in [0.717, 1.165) is 37.9 Å². The molecule has 0 amide bonds. The van der Waals surface area contributed by atoms with Crippen LogP contribution in [-0.2, 0) is 11.3 Å². The van der Waals surface area contributed by atoms with Gasteiger partial charge >= 0.3 is 5.97 Å². The Labute approximate surface area is 95.3 Å². The first kappa shape index (κ1) is 11.2. The highest BCUT2D eigenvalue weighted by atomic mass is 16.4. The van der Waals surface area contributed by atoms with Gasteiger partial charge in [0.15, 0.2) is 0 Å². The molecule has 1 heterocycles. The Morgan fingerprint density at radius 3 is 3.12 bits per heavy atom. The Kier molecular flexibility index (Phi) is 3.27. The van der Waals surface area contributed by atoms with Crippen molar-refractivity contribution in [2.45, 2.75) is 45.1 Å². The zero-order chi connectivity index (χ0) is 11.5. The van der Waals surface area contributed by atoms with E-state index < -0.39 is 5.97 Å². The number of carboxylic acid groups (broad SMARTS) is 1. The fourth-order valence-electron chi connectivity index (χ4n) is 2.67. The first-order chi connectivity index (χ1) is 7.74. The van der Waals surface area contributed by atoms with E-state index >= 15 is 0 Å². The number of aryl methyl sites for hydroxylation is 1. The minimum absolute atomic E-state index is 0.159. The topological polar surface area (TPSA) is 55.1 Å². The first-order valence-electron chi connectivity index (χ1n) is 5.98. The van der Waals surface area contributed by atoms with Crippen LogP contribution in [0.1, 0.15) is 44.2 Å². The Bertz CT molecular complexity index is 373. The van der Waals surface area contributed by atoms with Gasteiger partial charge in [-0.1, -0.05) is 13.3 Å². The molecular formula is C12H18N2O2. The molecular weight excluding hydrogens is 204 g/mol. The van der Waals surface area contributed by atoms with Crippen molar-refractivity contribution in [1.82, 2.24) is 9.78 Å². The summed E-state index contributed by atoms with van der Waals surface area (Å²) in [4.78, 5) is 11.1. The van der Waals surface area contributed by atoms with Crippen molar-refractivity contribution in [3.63, 3.8) is 0 Å². The van der Waals surface area contributed by atoms with Crippen molar-refractivity contribution in [3.05, 3.63) is 18.0 Å². The highest BCUT2D eigenvalue weighted by molar-refractivity contribution is 5.71. The van der Waals surface area contributed by atoms with Gasteiger partial charge in [-0.2, -0.15) is 5.10 Å². The van der Waals surface area contributed by atoms with E-state index in [1.807, 2.05) is 10.7 Å². The molecule has 4 nitrogen and oxygen atoms in total. The third kappa shape index (κ3) is 1.96. The zero-order valence-corrected chi connectivity index (χ0v) is 9.59. The van der Waals surface area contributed by atoms with Crippen LogP contribution in [0.5, 0.6) is 0 Å². The molecule has 0 spiro atoms. The van der Waals surface area contributed by atoms with Gasteiger partial charge in [0.1, 0.15) is 0 Å². The highest BCUT2D eigenvalue weighted by Crippen LogP contribution is 2.39. The smallest absolute Gasteiger partial charge is 0.307 e. The highest BCUT2D eigenvalue weighted by Gasteiger charge is 2.35. The number of carbonyl (C=O) groups is 1. The van der Waals surface area contributed by atoms with Crippen molar-refractivity contribution in [2.75, 3.05) is 0 Å². The predicted octanol–water partition coefficient (Wildman–Crippen LogP) is 2.26. The van der Waals surface area contributed by atoms with Crippen molar-refractivity contribution in [3.8, 4) is 0 Å². The molecule has 4 heteroatoms. The number of hydrogen-bond acceptors (Lipinski definition) is 2. The largest absolute Gasteiger partial charge is 0.481 e. The third-order valence-electron chi connectivity index (χ3n) is 3.40. The molecule has 1 aromatic heterocycles. The van der Waals surface area contributed by atoms with E-state index in [1.165, 1.54) is 0 Å². The molecule has 2 unspecified atom stereocenters. The molecule has 1 saturated carbocycles. The van der Waals surface area contributed by atoms with Crippen molar-refractivity contribution < 1.29 is 9.90 Å². The fraction of sp³-hybridized carbons (Fsp3) is 0.667. The van der Waals surface area contributed by atoms with Gasteiger partial charge in [0.25, 0.3) is 0 Å². The summed E-state index contributed by atoms with van der Waals surface area (Å²) in [7, 11) is 0. The molecule has 0 bridgehead atoms. The van der Waals surface area contributed by atoms with Gasteiger partial charge in [0.2, 0.25) is 0 Å². The van der Waals surface area contributed by atoms with Crippen molar-refractivity contribution in [2.24, 2.45) is 5.92 Å². The molecule has 1 aliphatic carbocycles. The Balaban J connectivity index is 2.22. The lowest BCUT2D eigenvalue weighted by Gasteiger charge is -2.17. The van der Waals surface area contributed by atoms with Crippen molar-refractivity contribution >= 4 is 5.97 Å². The van der Waals surface area contributed by atoms with Crippen molar-refractivity contribution in [1.29, 1.82) is 0 Å². The average molecular weight is 222 g/mol. The molecule has 2 rings (SSSR count). The van der Waals surface area contributed by atoms with Crippen LogP contribution in [-0.4, -0.2) is 20.9 Å². The number of hydrogen-bond donors (Lipinski definition) is 1. The van der Waals surface area contributed by atoms with Crippen LogP contribution in [0.15, 0.2) is 12.3 Å². The maximum Gasteiger partial charge on any atom is 0.307 e. The van der Waals surface area contributed by atoms with Crippen LogP contribution in [0.4, 0.5) is 0 Å². The van der Waals surface area contributed by atoms with Gasteiger partial charge in [0, 0.05) is 24.4 Å². The van der Waals surface area contributed by atoms with Crippen LogP contribution >= 0.6 is 0 Å². The summed E-state index contributed by atoms with van der Waals surface area (Å²) in [6.07, 6.45) is 5.60. The van der Waals surface area contributed by atoms with E-state index in [1.54, 1.807) is 6.20 Å². The Hall–Kier alpha value is -1.32. The summed E-state index contributed by atoms with van der Waals surface area (Å²) in [6, 6.07) is 1.97. The summed E-state index contributed by atoms with van der Waals surface area (Å²) in [5.74, 6) is -0.717. The Morgan fingerprint density at radius 1 is 1.62 bits per heavy atom. The number of aliphatic carboxylic acids is 1. The standard InChI is InChI=1S/C12H18N2O2/c1-2-8-14-11(6-7-13-14)9-4-3-5-10(9)12(15)16/h6-7,9-10H,2-5,8H2,1H3,(H,15,16). The fourth-order valence-corrected chi connectivity index (χ4v) is 2.67. The van der Waals surface area contributed by atoms with Crippen LogP contribution < -0.4 is 0 Å². The molecule has 0 radical (unpaired) electrons. The van der Waals surface area contributed by atoms with Gasteiger partial charge in [-0.05, 0) is 25.3 Å². The summed E-state index contributed by atoms with van der Waals surface area (Å²) in [5, 5.41) is 13.4. The lowest BCUT2D eigenvalue weighted by Crippen LogP contribution is -2.19. The van der Waals surface area contributed by atoms with Crippen LogP contribution in [0.3, 0.4) is 0 Å². The maximum atomic E-state index is 11.1. The van der Waals surface area contributed by atoms with Gasteiger partial charge in [-0.25, -0.2) is 0 Å². The van der Waals surface area contributed by atoms with Gasteiger partial charge in [0.05, 0.1) is 5.92 Å². The van der Waals surface area contributed by atoms with E-state index in [4.69, 9.17) is 0 Å². The minimum Gasteiger partial charge on any atom is -0.481 e. The number of aromatic nitrogens is 2. The Morgan fingerprint density at radius 2 is 2.44 bits per heavy atom. The quantitative estimate of drug-likeness (QED) is 0.850. The maximum absolute atomic E-state index is 11.1. The second kappa shape index (κ2) is 4.68. The summed E-state index contributed by atoms with van der Waals surface area (Å²) < 4.78 is 1.96. The van der Waals surface area contributed by atoms with Gasteiger partial charge in [-0.15, -0.1) is 0 Å². The number of carboxylic acids is 1. The first-order valence-corrected chi connectivity index (χ1v) is 5.98. The molecule has 1 aromatic rings. The second-order valence-corrected chi connectivity index (χ2v) is 4.46. The summed E-state index contributed by atoms with van der Waals surface area (Å²) in [5.41, 5.74) is 1.10. The van der Waals surface area contributed by atoms with E-state index in [2.05, 4.69) is 12.0 Å². The SMILES string of the molecule is CCCn1nccc1C1CCCC1C(=O)O. The molecule has 2 atom stereocenters. The molecule has 1 fully saturated rings.